The van der Waals surface area contributed by atoms with Crippen LogP contribution in [0.5, 0.6) is 0 Å². The number of aryl methyl sites for hydroxylation is 1. The number of anilines is 2. The molecule has 0 atom stereocenters. The molecule has 0 spiro atoms. The summed E-state index contributed by atoms with van der Waals surface area (Å²) in [4.78, 5) is 30.7. The fourth-order valence-electron chi connectivity index (χ4n) is 3.07. The minimum atomic E-state index is -4.47. The predicted molar refractivity (Wildman–Crippen MR) is 124 cm³/mol. The Labute approximate surface area is 192 Å². The highest BCUT2D eigenvalue weighted by Gasteiger charge is 2.27. The van der Waals surface area contributed by atoms with Crippen molar-refractivity contribution in [3.8, 4) is 11.4 Å². The lowest BCUT2D eigenvalue weighted by atomic mass is 10.1. The summed E-state index contributed by atoms with van der Waals surface area (Å²) in [6, 6.07) is 13.0. The number of rotatable bonds is 5. The lowest BCUT2D eigenvalue weighted by molar-refractivity contribution is -0.123. The second-order valence-corrected chi connectivity index (χ2v) is 6.99. The number of hydrogen-bond acceptors (Lipinski definition) is 5. The largest absolute Gasteiger partial charge is 0.405 e. The summed E-state index contributed by atoms with van der Waals surface area (Å²) in [5, 5.41) is 10.6. The van der Waals surface area contributed by atoms with Gasteiger partial charge in [0.15, 0.2) is 5.82 Å². The quantitative estimate of drug-likeness (QED) is 0.400. The number of aromatic amines is 1. The van der Waals surface area contributed by atoms with Crippen LogP contribution in [-0.4, -0.2) is 38.4 Å². The van der Waals surface area contributed by atoms with Gasteiger partial charge in [0, 0.05) is 35.4 Å². The number of nitrogens with zero attached hydrogens (tertiary/aromatic N) is 3. The van der Waals surface area contributed by atoms with Crippen LogP contribution in [0.15, 0.2) is 59.5 Å². The number of aromatic nitrogens is 4. The predicted octanol–water partition coefficient (Wildman–Crippen LogP) is 4.39. The average Bonchev–Trinajstić information content (AvgIpc) is 3.18. The molecule has 8 nitrogen and oxygen atoms in total. The van der Waals surface area contributed by atoms with Crippen molar-refractivity contribution in [1.82, 2.24) is 25.1 Å². The Morgan fingerprint density at radius 2 is 1.79 bits per heavy atom. The first-order valence-electron chi connectivity index (χ1n) is 10.4. The van der Waals surface area contributed by atoms with E-state index in [2.05, 4.69) is 20.4 Å². The highest BCUT2D eigenvalue weighted by Crippen LogP contribution is 2.22. The lowest BCUT2D eigenvalue weighted by Crippen LogP contribution is -2.33. The van der Waals surface area contributed by atoms with E-state index >= 15 is 0 Å². The van der Waals surface area contributed by atoms with Crippen molar-refractivity contribution >= 4 is 28.3 Å². The third-order valence-corrected chi connectivity index (χ3v) is 4.65. The molecular formula is C23H23F3N6O2. The van der Waals surface area contributed by atoms with Gasteiger partial charge in [-0.25, -0.2) is 4.68 Å². The molecule has 178 valence electrons. The fourth-order valence-corrected chi connectivity index (χ4v) is 3.07. The highest BCUT2D eigenvalue weighted by molar-refractivity contribution is 5.94. The number of hydrogen-bond donors (Lipinski definition) is 3. The Balaban J connectivity index is 0.00000158. The normalized spacial score (nSPS) is 11.0. The van der Waals surface area contributed by atoms with Crippen molar-refractivity contribution in [2.45, 2.75) is 20.0 Å². The SMILES string of the molecule is CC.Cn1nc(-c2ccc(C(=O)NCC(F)(F)F)cc2)nc1Nc1ccc2c(=O)[nH]ccc2c1. The molecule has 3 N–H and O–H groups in total. The summed E-state index contributed by atoms with van der Waals surface area (Å²) in [6.45, 7) is 2.60. The van der Waals surface area contributed by atoms with E-state index < -0.39 is 18.6 Å². The lowest BCUT2D eigenvalue weighted by Gasteiger charge is -2.08. The Kier molecular flexibility index (Phi) is 7.34. The van der Waals surface area contributed by atoms with Crippen molar-refractivity contribution in [3.05, 3.63) is 70.6 Å². The topological polar surface area (TPSA) is 105 Å². The van der Waals surface area contributed by atoms with Crippen LogP contribution in [0.2, 0.25) is 0 Å². The zero-order chi connectivity index (χ0) is 24.9. The van der Waals surface area contributed by atoms with Gasteiger partial charge < -0.3 is 15.6 Å². The van der Waals surface area contributed by atoms with Crippen LogP contribution in [-0.2, 0) is 7.05 Å². The van der Waals surface area contributed by atoms with Crippen molar-refractivity contribution in [3.63, 3.8) is 0 Å². The molecule has 0 saturated carbocycles. The van der Waals surface area contributed by atoms with Crippen LogP contribution in [0.1, 0.15) is 24.2 Å². The van der Waals surface area contributed by atoms with E-state index in [1.807, 2.05) is 25.2 Å². The highest BCUT2D eigenvalue weighted by atomic mass is 19.4. The van der Waals surface area contributed by atoms with E-state index in [-0.39, 0.29) is 11.1 Å². The first-order chi connectivity index (χ1) is 16.2. The van der Waals surface area contributed by atoms with E-state index in [1.165, 1.54) is 16.8 Å². The van der Waals surface area contributed by atoms with Gasteiger partial charge in [0.2, 0.25) is 5.95 Å². The summed E-state index contributed by atoms with van der Waals surface area (Å²) in [5.41, 5.74) is 1.22. The number of nitrogens with one attached hydrogen (secondary N) is 3. The summed E-state index contributed by atoms with van der Waals surface area (Å²) >= 11 is 0. The maximum Gasteiger partial charge on any atom is 0.405 e. The molecule has 0 aliphatic rings. The molecule has 0 saturated heterocycles. The standard InChI is InChI=1S/C21H17F3N6O2.C2H6/c1-30-20(27-15-6-7-16-14(10-15)8-9-25-19(16)32)28-17(29-30)12-2-4-13(5-3-12)18(31)26-11-21(22,23)24;1-2/h2-10H,11H2,1H3,(H,25,32)(H,26,31)(H,27,28,29);1-2H3. The third kappa shape index (κ3) is 5.80. The van der Waals surface area contributed by atoms with Gasteiger partial charge in [0.05, 0.1) is 0 Å². The molecule has 2 aromatic carbocycles. The number of H-pyrrole nitrogens is 1. The maximum atomic E-state index is 12.3. The van der Waals surface area contributed by atoms with E-state index in [4.69, 9.17) is 0 Å². The zero-order valence-electron chi connectivity index (χ0n) is 18.7. The molecule has 0 aliphatic carbocycles. The van der Waals surface area contributed by atoms with Gasteiger partial charge in [-0.15, -0.1) is 5.10 Å². The maximum absolute atomic E-state index is 12.3. The van der Waals surface area contributed by atoms with Gasteiger partial charge in [-0.1, -0.05) is 26.0 Å². The second kappa shape index (κ2) is 10.2. The molecule has 11 heteroatoms. The van der Waals surface area contributed by atoms with Gasteiger partial charge in [0.25, 0.3) is 11.5 Å². The van der Waals surface area contributed by atoms with Crippen molar-refractivity contribution in [2.24, 2.45) is 7.05 Å². The number of fused-ring (bicyclic) bond motifs is 1. The van der Waals surface area contributed by atoms with Gasteiger partial charge in [-0.3, -0.25) is 9.59 Å². The Hall–Kier alpha value is -4.15. The molecule has 0 radical (unpaired) electrons. The molecule has 4 rings (SSSR count). The van der Waals surface area contributed by atoms with E-state index in [0.29, 0.717) is 28.4 Å². The molecule has 0 unspecified atom stereocenters. The summed E-state index contributed by atoms with van der Waals surface area (Å²) < 4.78 is 38.3. The number of halogens is 3. The number of benzene rings is 2. The Morgan fingerprint density at radius 1 is 1.09 bits per heavy atom. The Bertz CT molecular complexity index is 1340. The number of amides is 1. The minimum Gasteiger partial charge on any atom is -0.343 e. The number of carbonyl (C=O) groups is 1. The average molecular weight is 472 g/mol. The fraction of sp³-hybridized carbons (Fsp3) is 0.217. The molecule has 4 aromatic rings. The van der Waals surface area contributed by atoms with Crippen molar-refractivity contribution in [2.75, 3.05) is 11.9 Å². The first-order valence-corrected chi connectivity index (χ1v) is 10.4. The molecule has 0 bridgehead atoms. The molecule has 2 aromatic heterocycles. The number of alkyl halides is 3. The molecule has 34 heavy (non-hydrogen) atoms. The molecule has 0 aliphatic heterocycles. The first kappa shape index (κ1) is 24.5. The second-order valence-electron chi connectivity index (χ2n) is 6.99. The van der Waals surface area contributed by atoms with Crippen LogP contribution in [0, 0.1) is 0 Å². The summed E-state index contributed by atoms with van der Waals surface area (Å²) in [7, 11) is 1.70. The Morgan fingerprint density at radius 3 is 2.47 bits per heavy atom. The van der Waals surface area contributed by atoms with Crippen LogP contribution in [0.4, 0.5) is 24.8 Å². The number of carbonyl (C=O) groups excluding carboxylic acids is 1. The third-order valence-electron chi connectivity index (χ3n) is 4.65. The van der Waals surface area contributed by atoms with Crippen LogP contribution in [0.3, 0.4) is 0 Å². The van der Waals surface area contributed by atoms with Crippen LogP contribution < -0.4 is 16.2 Å². The van der Waals surface area contributed by atoms with Gasteiger partial charge in [-0.2, -0.15) is 18.2 Å². The summed E-state index contributed by atoms with van der Waals surface area (Å²) in [5.74, 6) is -0.00831. The van der Waals surface area contributed by atoms with E-state index in [0.717, 1.165) is 5.39 Å². The van der Waals surface area contributed by atoms with Crippen molar-refractivity contribution < 1.29 is 18.0 Å². The number of pyridine rings is 1. The monoisotopic (exact) mass is 472 g/mol. The van der Waals surface area contributed by atoms with E-state index in [1.54, 1.807) is 43.6 Å². The molecule has 2 heterocycles. The molecular weight excluding hydrogens is 449 g/mol. The van der Waals surface area contributed by atoms with Gasteiger partial charge >= 0.3 is 6.18 Å². The van der Waals surface area contributed by atoms with E-state index in [9.17, 15) is 22.8 Å². The molecule has 0 fully saturated rings. The van der Waals surface area contributed by atoms with Gasteiger partial charge in [0.1, 0.15) is 6.54 Å². The van der Waals surface area contributed by atoms with Crippen LogP contribution >= 0.6 is 0 Å². The van der Waals surface area contributed by atoms with Crippen molar-refractivity contribution in [1.29, 1.82) is 0 Å². The molecule has 1 amide bonds. The van der Waals surface area contributed by atoms with Gasteiger partial charge in [-0.05, 0) is 41.8 Å². The zero-order valence-corrected chi connectivity index (χ0v) is 18.7. The van der Waals surface area contributed by atoms with Crippen LogP contribution in [0.25, 0.3) is 22.2 Å². The summed E-state index contributed by atoms with van der Waals surface area (Å²) in [6.07, 6.45) is -2.90. The smallest absolute Gasteiger partial charge is 0.343 e. The minimum absolute atomic E-state index is 0.0958.